The van der Waals surface area contributed by atoms with Crippen LogP contribution in [0.25, 0.3) is 0 Å². The first kappa shape index (κ1) is 13.3. The van der Waals surface area contributed by atoms with Crippen LogP contribution < -0.4 is 0 Å². The van der Waals surface area contributed by atoms with Gasteiger partial charge in [0.15, 0.2) is 6.10 Å². The average molecular weight is 255 g/mol. The molecule has 2 fully saturated rings. The number of carboxylic acids is 1. The lowest BCUT2D eigenvalue weighted by Crippen LogP contribution is -2.44. The molecule has 1 amide bonds. The molecule has 1 heterocycles. The van der Waals surface area contributed by atoms with Crippen molar-refractivity contribution in [3.63, 3.8) is 0 Å². The Kier molecular flexibility index (Phi) is 3.90. The highest BCUT2D eigenvalue weighted by Crippen LogP contribution is 2.31. The molecule has 0 radical (unpaired) electrons. The first-order valence-electron chi connectivity index (χ1n) is 6.67. The van der Waals surface area contributed by atoms with Crippen LogP contribution in [0.1, 0.15) is 39.5 Å². The van der Waals surface area contributed by atoms with E-state index in [0.717, 1.165) is 6.54 Å². The number of carboxylic acid groups (broad SMARTS) is 1. The van der Waals surface area contributed by atoms with Gasteiger partial charge < -0.3 is 14.7 Å². The molecule has 0 unspecified atom stereocenters. The largest absolute Gasteiger partial charge is 0.479 e. The minimum Gasteiger partial charge on any atom is -0.479 e. The Morgan fingerprint density at radius 1 is 1.22 bits per heavy atom. The summed E-state index contributed by atoms with van der Waals surface area (Å²) in [5, 5.41) is 8.87. The number of hydrogen-bond donors (Lipinski definition) is 1. The molecule has 2 aliphatic rings. The molecule has 18 heavy (non-hydrogen) atoms. The van der Waals surface area contributed by atoms with Gasteiger partial charge in [-0.05, 0) is 45.4 Å². The van der Waals surface area contributed by atoms with Crippen molar-refractivity contribution >= 4 is 11.9 Å². The highest BCUT2D eigenvalue weighted by atomic mass is 16.5. The molecule has 1 aliphatic heterocycles. The van der Waals surface area contributed by atoms with E-state index in [1.54, 1.807) is 0 Å². The van der Waals surface area contributed by atoms with Gasteiger partial charge in [0.2, 0.25) is 0 Å². The fourth-order valence-corrected chi connectivity index (χ4v) is 2.32. The molecule has 102 valence electrons. The zero-order valence-corrected chi connectivity index (χ0v) is 11.0. The molecule has 1 aliphatic carbocycles. The van der Waals surface area contributed by atoms with E-state index in [1.807, 2.05) is 18.7 Å². The average Bonchev–Trinajstić information content (AvgIpc) is 2.97. The summed E-state index contributed by atoms with van der Waals surface area (Å²) in [5.41, 5.74) is 0. The maximum Gasteiger partial charge on any atom is 0.332 e. The standard InChI is InChI=1S/C13H21NO4/c1-8(2)14(7-9-3-4-9)12(15)10-5-6-11(18-10)13(16)17/h8-11H,3-7H2,1-2H3,(H,16,17)/t10-,11+/m0/s1. The third-order valence-corrected chi connectivity index (χ3v) is 3.63. The lowest BCUT2D eigenvalue weighted by molar-refractivity contribution is -0.155. The number of aliphatic carboxylic acids is 1. The lowest BCUT2D eigenvalue weighted by atomic mass is 10.1. The lowest BCUT2D eigenvalue weighted by Gasteiger charge is -2.29. The SMILES string of the molecule is CC(C)N(CC1CC1)C(=O)[C@@H]1CC[C@H](C(=O)O)O1. The number of carbonyl (C=O) groups is 2. The van der Waals surface area contributed by atoms with Crippen molar-refractivity contribution in [2.75, 3.05) is 6.54 Å². The van der Waals surface area contributed by atoms with Gasteiger partial charge in [0.1, 0.15) is 6.10 Å². The fraction of sp³-hybridized carbons (Fsp3) is 0.846. The van der Waals surface area contributed by atoms with E-state index in [0.29, 0.717) is 18.8 Å². The van der Waals surface area contributed by atoms with Gasteiger partial charge in [-0.1, -0.05) is 0 Å². The van der Waals surface area contributed by atoms with Crippen LogP contribution >= 0.6 is 0 Å². The third kappa shape index (κ3) is 3.02. The van der Waals surface area contributed by atoms with Crippen LogP contribution in [0.2, 0.25) is 0 Å². The molecule has 0 aromatic carbocycles. The summed E-state index contributed by atoms with van der Waals surface area (Å²) in [6, 6.07) is 0.144. The van der Waals surface area contributed by atoms with Gasteiger partial charge >= 0.3 is 5.97 Å². The van der Waals surface area contributed by atoms with E-state index in [9.17, 15) is 9.59 Å². The van der Waals surface area contributed by atoms with Gasteiger partial charge in [0.05, 0.1) is 0 Å². The first-order valence-corrected chi connectivity index (χ1v) is 6.67. The summed E-state index contributed by atoms with van der Waals surface area (Å²) >= 11 is 0. The Bertz CT molecular complexity index is 338. The molecule has 0 aromatic rings. The smallest absolute Gasteiger partial charge is 0.332 e. The predicted octanol–water partition coefficient (Wildman–Crippen LogP) is 1.27. The molecule has 0 aromatic heterocycles. The molecule has 0 spiro atoms. The fourth-order valence-electron chi connectivity index (χ4n) is 2.32. The van der Waals surface area contributed by atoms with Crippen LogP contribution in [0.15, 0.2) is 0 Å². The van der Waals surface area contributed by atoms with Crippen LogP contribution in [-0.4, -0.2) is 46.7 Å². The second kappa shape index (κ2) is 5.26. The maximum atomic E-state index is 12.3. The number of carbonyl (C=O) groups excluding carboxylic acids is 1. The van der Waals surface area contributed by atoms with E-state index in [-0.39, 0.29) is 11.9 Å². The van der Waals surface area contributed by atoms with E-state index in [2.05, 4.69) is 0 Å². The highest BCUT2D eigenvalue weighted by Gasteiger charge is 2.38. The van der Waals surface area contributed by atoms with Crippen molar-refractivity contribution in [1.29, 1.82) is 0 Å². The molecule has 2 atom stereocenters. The molecule has 1 saturated heterocycles. The van der Waals surface area contributed by atoms with Crippen molar-refractivity contribution in [3.8, 4) is 0 Å². The second-order valence-corrected chi connectivity index (χ2v) is 5.56. The second-order valence-electron chi connectivity index (χ2n) is 5.56. The monoisotopic (exact) mass is 255 g/mol. The Morgan fingerprint density at radius 2 is 1.83 bits per heavy atom. The zero-order chi connectivity index (χ0) is 13.3. The Hall–Kier alpha value is -1.10. The molecule has 5 nitrogen and oxygen atoms in total. The maximum absolute atomic E-state index is 12.3. The third-order valence-electron chi connectivity index (χ3n) is 3.63. The summed E-state index contributed by atoms with van der Waals surface area (Å²) in [6.07, 6.45) is 1.96. The first-order chi connectivity index (χ1) is 8.49. The highest BCUT2D eigenvalue weighted by molar-refractivity contribution is 5.83. The van der Waals surface area contributed by atoms with Gasteiger partial charge in [-0.15, -0.1) is 0 Å². The van der Waals surface area contributed by atoms with Crippen LogP contribution in [0.4, 0.5) is 0 Å². The van der Waals surface area contributed by atoms with E-state index >= 15 is 0 Å². The van der Waals surface area contributed by atoms with E-state index in [4.69, 9.17) is 9.84 Å². The van der Waals surface area contributed by atoms with Crippen LogP contribution in [0, 0.1) is 5.92 Å². The van der Waals surface area contributed by atoms with E-state index < -0.39 is 18.2 Å². The van der Waals surface area contributed by atoms with Gasteiger partial charge in [0.25, 0.3) is 5.91 Å². The summed E-state index contributed by atoms with van der Waals surface area (Å²) < 4.78 is 5.33. The summed E-state index contributed by atoms with van der Waals surface area (Å²) in [4.78, 5) is 25.0. The van der Waals surface area contributed by atoms with E-state index in [1.165, 1.54) is 12.8 Å². The van der Waals surface area contributed by atoms with Crippen molar-refractivity contribution < 1.29 is 19.4 Å². The van der Waals surface area contributed by atoms with Gasteiger partial charge in [-0.2, -0.15) is 0 Å². The molecule has 1 N–H and O–H groups in total. The molecule has 0 bridgehead atoms. The predicted molar refractivity (Wildman–Crippen MR) is 65.1 cm³/mol. The zero-order valence-electron chi connectivity index (χ0n) is 11.0. The number of amides is 1. The normalized spacial score (nSPS) is 27.5. The van der Waals surface area contributed by atoms with Gasteiger partial charge in [-0.25, -0.2) is 4.79 Å². The number of ether oxygens (including phenoxy) is 1. The molecule has 1 saturated carbocycles. The van der Waals surface area contributed by atoms with Crippen molar-refractivity contribution in [2.45, 2.75) is 57.8 Å². The van der Waals surface area contributed by atoms with Crippen LogP contribution in [0.3, 0.4) is 0 Å². The summed E-state index contributed by atoms with van der Waals surface area (Å²) in [5.74, 6) is -0.378. The van der Waals surface area contributed by atoms with Gasteiger partial charge in [0, 0.05) is 12.6 Å². The van der Waals surface area contributed by atoms with Gasteiger partial charge in [-0.3, -0.25) is 4.79 Å². The Balaban J connectivity index is 1.93. The summed E-state index contributed by atoms with van der Waals surface area (Å²) in [6.45, 7) is 4.77. The Labute approximate surface area is 107 Å². The minimum absolute atomic E-state index is 0.0411. The molecule has 5 heteroatoms. The Morgan fingerprint density at radius 3 is 2.28 bits per heavy atom. The quantitative estimate of drug-likeness (QED) is 0.803. The molecular formula is C13H21NO4. The minimum atomic E-state index is -0.969. The van der Waals surface area contributed by atoms with Crippen molar-refractivity contribution in [2.24, 2.45) is 5.92 Å². The topological polar surface area (TPSA) is 66.8 Å². The van der Waals surface area contributed by atoms with Crippen LogP contribution in [-0.2, 0) is 14.3 Å². The van der Waals surface area contributed by atoms with Crippen LogP contribution in [0.5, 0.6) is 0 Å². The molecular weight excluding hydrogens is 234 g/mol. The van der Waals surface area contributed by atoms with Crippen molar-refractivity contribution in [1.82, 2.24) is 4.90 Å². The summed E-state index contributed by atoms with van der Waals surface area (Å²) in [7, 11) is 0. The molecule has 2 rings (SSSR count). The number of hydrogen-bond acceptors (Lipinski definition) is 3. The number of rotatable bonds is 5. The number of nitrogens with zero attached hydrogens (tertiary/aromatic N) is 1. The van der Waals surface area contributed by atoms with Crippen molar-refractivity contribution in [3.05, 3.63) is 0 Å².